The summed E-state index contributed by atoms with van der Waals surface area (Å²) >= 11 is 3.18. The van der Waals surface area contributed by atoms with Crippen LogP contribution in [0, 0.1) is 18.3 Å². The fourth-order valence-electron chi connectivity index (χ4n) is 2.52. The van der Waals surface area contributed by atoms with Crippen molar-refractivity contribution in [3.63, 3.8) is 0 Å². The van der Waals surface area contributed by atoms with Gasteiger partial charge in [-0.05, 0) is 49.4 Å². The Morgan fingerprint density at radius 2 is 2.04 bits per heavy atom. The maximum atomic E-state index is 12.6. The number of anilines is 1. The van der Waals surface area contributed by atoms with Crippen LogP contribution in [0.5, 0.6) is 0 Å². The van der Waals surface area contributed by atoms with Crippen molar-refractivity contribution >= 4 is 46.7 Å². The molecule has 5 nitrogen and oxygen atoms in total. The number of nitrogens with one attached hydrogen (secondary N) is 1. The topological polar surface area (TPSA) is 73.2 Å². The molecule has 1 aromatic carbocycles. The highest BCUT2D eigenvalue weighted by atomic mass is 32.2. The van der Waals surface area contributed by atoms with Gasteiger partial charge in [0.1, 0.15) is 6.04 Å². The van der Waals surface area contributed by atoms with Crippen molar-refractivity contribution in [1.82, 2.24) is 4.90 Å². The summed E-state index contributed by atoms with van der Waals surface area (Å²) < 4.78 is 0. The molecule has 132 valence electrons. The number of hydrogen-bond acceptors (Lipinski definition) is 5. The highest BCUT2D eigenvalue weighted by Crippen LogP contribution is 2.23. The van der Waals surface area contributed by atoms with Crippen LogP contribution in [0.4, 0.5) is 5.69 Å². The van der Waals surface area contributed by atoms with E-state index < -0.39 is 6.04 Å². The molecule has 26 heavy (non-hydrogen) atoms. The molecule has 0 radical (unpaired) electrons. The fraction of sp³-hybridized carbons (Fsp3) is 0.211. The predicted octanol–water partition coefficient (Wildman–Crippen LogP) is 3.48. The minimum Gasteiger partial charge on any atom is -0.324 e. The number of hydrogen-bond donors (Lipinski definition) is 1. The lowest BCUT2D eigenvalue weighted by atomic mass is 10.2. The Bertz CT molecular complexity index is 881. The molecule has 1 aromatic heterocycles. The molecule has 0 bridgehead atoms. The number of carbonyl (C=O) groups is 2. The molecule has 0 aliphatic carbocycles. The molecule has 1 N–H and O–H groups in total. The number of aryl methyl sites for hydroxylation is 1. The molecule has 1 fully saturated rings. The van der Waals surface area contributed by atoms with Gasteiger partial charge < -0.3 is 10.2 Å². The summed E-state index contributed by atoms with van der Waals surface area (Å²) in [5.41, 5.74) is 1.15. The summed E-state index contributed by atoms with van der Waals surface area (Å²) in [7, 11) is 0. The highest BCUT2D eigenvalue weighted by molar-refractivity contribution is 7.99. The van der Waals surface area contributed by atoms with Gasteiger partial charge in [-0.25, -0.2) is 0 Å². The number of rotatable bonds is 4. The summed E-state index contributed by atoms with van der Waals surface area (Å²) in [5, 5.41) is 11.6. The lowest BCUT2D eigenvalue weighted by Gasteiger charge is -2.21. The molecular weight excluding hydrogens is 366 g/mol. The Balaban J connectivity index is 1.64. The Hall–Kier alpha value is -2.56. The van der Waals surface area contributed by atoms with E-state index in [0.29, 0.717) is 22.9 Å². The van der Waals surface area contributed by atoms with Gasteiger partial charge in [-0.2, -0.15) is 5.26 Å². The summed E-state index contributed by atoms with van der Waals surface area (Å²) in [6.07, 6.45) is 3.32. The van der Waals surface area contributed by atoms with Crippen molar-refractivity contribution in [2.75, 3.05) is 16.9 Å². The minimum absolute atomic E-state index is 0.166. The fourth-order valence-corrected chi connectivity index (χ4v) is 4.47. The van der Waals surface area contributed by atoms with Gasteiger partial charge in [0.2, 0.25) is 11.8 Å². The van der Waals surface area contributed by atoms with E-state index in [0.717, 1.165) is 4.88 Å². The van der Waals surface area contributed by atoms with Crippen molar-refractivity contribution in [1.29, 1.82) is 5.26 Å². The zero-order chi connectivity index (χ0) is 18.5. The van der Waals surface area contributed by atoms with Crippen LogP contribution in [0.3, 0.4) is 0 Å². The maximum Gasteiger partial charge on any atom is 0.248 e. The summed E-state index contributed by atoms with van der Waals surface area (Å²) in [4.78, 5) is 28.8. The molecular formula is C19H17N3O2S2. The van der Waals surface area contributed by atoms with Gasteiger partial charge in [-0.3, -0.25) is 9.59 Å². The van der Waals surface area contributed by atoms with Crippen LogP contribution in [-0.4, -0.2) is 34.4 Å². The molecule has 1 aliphatic heterocycles. The zero-order valence-corrected chi connectivity index (χ0v) is 15.8. The van der Waals surface area contributed by atoms with Crippen LogP contribution in [0.25, 0.3) is 6.08 Å². The van der Waals surface area contributed by atoms with Crippen LogP contribution >= 0.6 is 23.1 Å². The number of nitriles is 1. The van der Waals surface area contributed by atoms with Gasteiger partial charge in [0.05, 0.1) is 17.5 Å². The van der Waals surface area contributed by atoms with E-state index >= 15 is 0 Å². The number of thioether (sulfide) groups is 1. The van der Waals surface area contributed by atoms with Gasteiger partial charge >= 0.3 is 0 Å². The van der Waals surface area contributed by atoms with Crippen molar-refractivity contribution in [2.24, 2.45) is 0 Å². The lowest BCUT2D eigenvalue weighted by molar-refractivity contribution is -0.132. The normalized spacial score (nSPS) is 16.6. The standard InChI is InChI=1S/C19H17N3O2S2/c1-13-2-7-16(26-13)8-9-18(23)22-12-25-11-17(22)19(24)21-15-5-3-14(10-20)4-6-15/h2-9,17H,11-12H2,1H3,(H,21,24)/b9-8-/t17-/m1/s1. The van der Waals surface area contributed by atoms with E-state index in [1.54, 1.807) is 58.3 Å². The first kappa shape index (κ1) is 18.2. The van der Waals surface area contributed by atoms with E-state index in [9.17, 15) is 9.59 Å². The molecule has 1 aliphatic rings. The van der Waals surface area contributed by atoms with E-state index in [4.69, 9.17) is 5.26 Å². The summed E-state index contributed by atoms with van der Waals surface area (Å²) in [6.45, 7) is 2.02. The van der Waals surface area contributed by atoms with E-state index in [1.807, 2.05) is 25.1 Å². The number of amides is 2. The van der Waals surface area contributed by atoms with E-state index in [1.165, 1.54) is 11.0 Å². The maximum absolute atomic E-state index is 12.6. The molecule has 3 rings (SSSR count). The Morgan fingerprint density at radius 3 is 2.69 bits per heavy atom. The lowest BCUT2D eigenvalue weighted by Crippen LogP contribution is -2.43. The molecule has 7 heteroatoms. The molecule has 1 atom stereocenters. The average Bonchev–Trinajstić information content (AvgIpc) is 3.29. The first-order valence-electron chi connectivity index (χ1n) is 8.01. The van der Waals surface area contributed by atoms with Crippen molar-refractivity contribution in [3.05, 3.63) is 57.8 Å². The molecule has 0 unspecified atom stereocenters. The minimum atomic E-state index is -0.502. The van der Waals surface area contributed by atoms with E-state index in [2.05, 4.69) is 5.32 Å². The third kappa shape index (κ3) is 4.34. The summed E-state index contributed by atoms with van der Waals surface area (Å²) in [6, 6.07) is 12.2. The molecule has 0 saturated carbocycles. The van der Waals surface area contributed by atoms with E-state index in [-0.39, 0.29) is 11.8 Å². The first-order valence-corrected chi connectivity index (χ1v) is 9.98. The third-order valence-corrected chi connectivity index (χ3v) is 5.88. The van der Waals surface area contributed by atoms with Gasteiger partial charge in [0, 0.05) is 27.3 Å². The van der Waals surface area contributed by atoms with Gasteiger partial charge in [0.25, 0.3) is 0 Å². The second-order valence-corrected chi connectivity index (χ2v) is 8.10. The molecule has 1 saturated heterocycles. The van der Waals surface area contributed by atoms with Crippen molar-refractivity contribution in [3.8, 4) is 6.07 Å². The van der Waals surface area contributed by atoms with Crippen molar-refractivity contribution in [2.45, 2.75) is 13.0 Å². The van der Waals surface area contributed by atoms with Crippen LogP contribution in [-0.2, 0) is 9.59 Å². The molecule has 2 aromatic rings. The van der Waals surface area contributed by atoms with Crippen molar-refractivity contribution < 1.29 is 9.59 Å². The second-order valence-electron chi connectivity index (χ2n) is 5.78. The highest BCUT2D eigenvalue weighted by Gasteiger charge is 2.33. The van der Waals surface area contributed by atoms with Crippen LogP contribution < -0.4 is 5.32 Å². The number of benzene rings is 1. The zero-order valence-electron chi connectivity index (χ0n) is 14.1. The molecule has 0 spiro atoms. The van der Waals surface area contributed by atoms with Crippen LogP contribution in [0.15, 0.2) is 42.5 Å². The monoisotopic (exact) mass is 383 g/mol. The van der Waals surface area contributed by atoms with Gasteiger partial charge in [-0.1, -0.05) is 0 Å². The number of carbonyl (C=O) groups excluding carboxylic acids is 2. The Morgan fingerprint density at radius 1 is 1.27 bits per heavy atom. The smallest absolute Gasteiger partial charge is 0.248 e. The molecule has 2 amide bonds. The summed E-state index contributed by atoms with van der Waals surface area (Å²) in [5.74, 6) is 0.687. The average molecular weight is 383 g/mol. The first-order chi connectivity index (χ1) is 12.6. The Kier molecular flexibility index (Phi) is 5.76. The second kappa shape index (κ2) is 8.21. The molecule has 2 heterocycles. The number of nitrogens with zero attached hydrogens (tertiary/aromatic N) is 2. The van der Waals surface area contributed by atoms with Gasteiger partial charge in [0.15, 0.2) is 0 Å². The quantitative estimate of drug-likeness (QED) is 0.821. The number of thiophene rings is 1. The van der Waals surface area contributed by atoms with Crippen LogP contribution in [0.2, 0.25) is 0 Å². The van der Waals surface area contributed by atoms with Crippen LogP contribution in [0.1, 0.15) is 15.3 Å². The predicted molar refractivity (Wildman–Crippen MR) is 106 cm³/mol. The SMILES string of the molecule is Cc1ccc(/C=C\C(=O)N2CSC[C@@H]2C(=O)Nc2ccc(C#N)cc2)s1. The largest absolute Gasteiger partial charge is 0.324 e. The van der Waals surface area contributed by atoms with Gasteiger partial charge in [-0.15, -0.1) is 23.1 Å². The Labute approximate surface area is 160 Å². The third-order valence-electron chi connectivity index (χ3n) is 3.90.